The predicted molar refractivity (Wildman–Crippen MR) is 67.2 cm³/mol. The highest BCUT2D eigenvalue weighted by molar-refractivity contribution is 5.88. The first-order valence-electron chi connectivity index (χ1n) is 6.52. The first-order chi connectivity index (χ1) is 9.61. The summed E-state index contributed by atoms with van der Waals surface area (Å²) < 4.78 is 25.5. The first-order valence-corrected chi connectivity index (χ1v) is 6.52. The molecule has 0 saturated carbocycles. The molecule has 1 aromatic rings. The Balaban J connectivity index is 1.89. The Morgan fingerprint density at radius 3 is 2.90 bits per heavy atom. The van der Waals surface area contributed by atoms with Gasteiger partial charge in [0.1, 0.15) is 5.56 Å². The molecule has 0 atom stereocenters. The molecule has 0 aromatic carbocycles. The van der Waals surface area contributed by atoms with E-state index in [0.717, 1.165) is 18.9 Å². The minimum atomic E-state index is -1.30. The van der Waals surface area contributed by atoms with Crippen LogP contribution in [0.25, 0.3) is 0 Å². The molecule has 1 aromatic heterocycles. The minimum Gasteiger partial charge on any atom is -0.478 e. The Labute approximate surface area is 115 Å². The standard InChI is InChI=1S/C13H15FN2O4/c14-10-9(12(17)18)2-4-15-11(10)16-5-1-3-13(8-16)19-6-7-20-13/h2,4H,1,3,5-8H2,(H,17,18). The number of hydrogen-bond donors (Lipinski definition) is 1. The van der Waals surface area contributed by atoms with Gasteiger partial charge >= 0.3 is 5.97 Å². The largest absolute Gasteiger partial charge is 0.478 e. The summed E-state index contributed by atoms with van der Waals surface area (Å²) in [6.45, 7) is 2.01. The van der Waals surface area contributed by atoms with Crippen molar-refractivity contribution >= 4 is 11.8 Å². The first kappa shape index (κ1) is 13.3. The number of aromatic nitrogens is 1. The van der Waals surface area contributed by atoms with E-state index >= 15 is 0 Å². The van der Waals surface area contributed by atoms with Crippen LogP contribution in [0, 0.1) is 5.82 Å². The summed E-state index contributed by atoms with van der Waals surface area (Å²) in [6.07, 6.45) is 2.83. The van der Waals surface area contributed by atoms with Crippen molar-refractivity contribution in [3.05, 3.63) is 23.6 Å². The molecule has 6 nitrogen and oxygen atoms in total. The van der Waals surface area contributed by atoms with Crippen LogP contribution in [0.5, 0.6) is 0 Å². The highest BCUT2D eigenvalue weighted by Gasteiger charge is 2.41. The van der Waals surface area contributed by atoms with Crippen LogP contribution in [-0.4, -0.2) is 48.2 Å². The lowest BCUT2D eigenvalue weighted by molar-refractivity contribution is -0.161. The minimum absolute atomic E-state index is 0.0445. The monoisotopic (exact) mass is 282 g/mol. The molecule has 2 fully saturated rings. The van der Waals surface area contributed by atoms with Gasteiger partial charge in [0, 0.05) is 19.2 Å². The SMILES string of the molecule is O=C(O)c1ccnc(N2CCCC3(C2)OCCO3)c1F. The molecule has 0 bridgehead atoms. The number of carboxylic acids is 1. The zero-order valence-corrected chi connectivity index (χ0v) is 10.8. The van der Waals surface area contributed by atoms with Crippen molar-refractivity contribution in [1.82, 2.24) is 4.98 Å². The van der Waals surface area contributed by atoms with E-state index in [1.165, 1.54) is 6.20 Å². The van der Waals surface area contributed by atoms with E-state index in [0.29, 0.717) is 26.3 Å². The number of hydrogen-bond acceptors (Lipinski definition) is 5. The van der Waals surface area contributed by atoms with Crippen molar-refractivity contribution in [1.29, 1.82) is 0 Å². The molecule has 1 spiro atoms. The Morgan fingerprint density at radius 2 is 2.20 bits per heavy atom. The van der Waals surface area contributed by atoms with Crippen molar-refractivity contribution in [2.24, 2.45) is 0 Å². The van der Waals surface area contributed by atoms with Gasteiger partial charge in [-0.3, -0.25) is 0 Å². The lowest BCUT2D eigenvalue weighted by Crippen LogP contribution is -2.49. The van der Waals surface area contributed by atoms with Crippen molar-refractivity contribution in [3.8, 4) is 0 Å². The van der Waals surface area contributed by atoms with Crippen molar-refractivity contribution in [2.45, 2.75) is 18.6 Å². The fourth-order valence-electron chi connectivity index (χ4n) is 2.72. The molecule has 0 unspecified atom stereocenters. The molecule has 0 radical (unpaired) electrons. The number of nitrogens with zero attached hydrogens (tertiary/aromatic N) is 2. The summed E-state index contributed by atoms with van der Waals surface area (Å²) in [5.74, 6) is -2.77. The zero-order valence-electron chi connectivity index (χ0n) is 10.8. The maximum absolute atomic E-state index is 14.2. The molecule has 7 heteroatoms. The van der Waals surface area contributed by atoms with Crippen molar-refractivity contribution < 1.29 is 23.8 Å². The number of anilines is 1. The Bertz CT molecular complexity index is 531. The Kier molecular flexibility index (Phi) is 3.31. The van der Waals surface area contributed by atoms with Crippen LogP contribution >= 0.6 is 0 Å². The van der Waals surface area contributed by atoms with Crippen LogP contribution < -0.4 is 4.90 Å². The molecule has 1 N–H and O–H groups in total. The molecule has 0 aliphatic carbocycles. The van der Waals surface area contributed by atoms with Crippen molar-refractivity contribution in [3.63, 3.8) is 0 Å². The molecule has 0 amide bonds. The molecular weight excluding hydrogens is 267 g/mol. The predicted octanol–water partition coefficient (Wildman–Crippen LogP) is 1.26. The fourth-order valence-corrected chi connectivity index (χ4v) is 2.72. The maximum Gasteiger partial charge on any atom is 0.338 e. The molecule has 3 rings (SSSR count). The van der Waals surface area contributed by atoms with E-state index in [4.69, 9.17) is 14.6 Å². The van der Waals surface area contributed by atoms with Crippen LogP contribution in [0.4, 0.5) is 10.2 Å². The van der Waals surface area contributed by atoms with Gasteiger partial charge in [0.2, 0.25) is 0 Å². The maximum atomic E-state index is 14.2. The highest BCUT2D eigenvalue weighted by atomic mass is 19.1. The molecule has 20 heavy (non-hydrogen) atoms. The van der Waals surface area contributed by atoms with E-state index in [9.17, 15) is 9.18 Å². The number of pyridine rings is 1. The van der Waals surface area contributed by atoms with E-state index in [2.05, 4.69) is 4.98 Å². The number of aromatic carboxylic acids is 1. The van der Waals surface area contributed by atoms with Crippen molar-refractivity contribution in [2.75, 3.05) is 31.2 Å². The summed E-state index contributed by atoms with van der Waals surface area (Å²) in [5.41, 5.74) is -0.372. The third kappa shape index (κ3) is 2.23. The number of piperidine rings is 1. The summed E-state index contributed by atoms with van der Waals surface area (Å²) in [4.78, 5) is 16.6. The van der Waals surface area contributed by atoms with Crippen LogP contribution in [0.1, 0.15) is 23.2 Å². The molecule has 2 aliphatic heterocycles. The van der Waals surface area contributed by atoms with Gasteiger partial charge in [-0.25, -0.2) is 14.2 Å². The summed E-state index contributed by atoms with van der Waals surface area (Å²) in [7, 11) is 0. The summed E-state index contributed by atoms with van der Waals surface area (Å²) in [6, 6.07) is 1.16. The number of carbonyl (C=O) groups is 1. The number of rotatable bonds is 2. The molecule has 3 heterocycles. The van der Waals surface area contributed by atoms with Gasteiger partial charge in [0.25, 0.3) is 0 Å². The lowest BCUT2D eigenvalue weighted by Gasteiger charge is -2.39. The second kappa shape index (κ2) is 4.99. The summed E-state index contributed by atoms with van der Waals surface area (Å²) >= 11 is 0. The van der Waals surface area contributed by atoms with Gasteiger partial charge in [0.15, 0.2) is 17.4 Å². The average molecular weight is 282 g/mol. The molecular formula is C13H15FN2O4. The topological polar surface area (TPSA) is 71.9 Å². The zero-order chi connectivity index (χ0) is 14.2. The molecule has 2 saturated heterocycles. The Hall–Kier alpha value is -1.73. The number of ether oxygens (including phenoxy) is 2. The third-order valence-corrected chi connectivity index (χ3v) is 3.63. The summed E-state index contributed by atoms with van der Waals surface area (Å²) in [5, 5.41) is 8.96. The second-order valence-electron chi connectivity index (χ2n) is 4.93. The quantitative estimate of drug-likeness (QED) is 0.880. The van der Waals surface area contributed by atoms with Gasteiger partial charge in [-0.15, -0.1) is 0 Å². The molecule has 108 valence electrons. The van der Waals surface area contributed by atoms with Gasteiger partial charge in [0.05, 0.1) is 19.8 Å². The van der Waals surface area contributed by atoms with Gasteiger partial charge < -0.3 is 19.5 Å². The normalized spacial score (nSPS) is 21.4. The second-order valence-corrected chi connectivity index (χ2v) is 4.93. The third-order valence-electron chi connectivity index (χ3n) is 3.63. The average Bonchev–Trinajstić information content (AvgIpc) is 2.86. The van der Waals surface area contributed by atoms with Gasteiger partial charge in [-0.2, -0.15) is 0 Å². The van der Waals surface area contributed by atoms with E-state index in [1.807, 2.05) is 0 Å². The van der Waals surface area contributed by atoms with Crippen LogP contribution in [-0.2, 0) is 9.47 Å². The van der Waals surface area contributed by atoms with E-state index in [-0.39, 0.29) is 11.4 Å². The number of halogens is 1. The number of carboxylic acid groups (broad SMARTS) is 1. The van der Waals surface area contributed by atoms with Gasteiger partial charge in [-0.1, -0.05) is 0 Å². The van der Waals surface area contributed by atoms with Crippen LogP contribution in [0.15, 0.2) is 12.3 Å². The smallest absolute Gasteiger partial charge is 0.338 e. The fraction of sp³-hybridized carbons (Fsp3) is 0.538. The Morgan fingerprint density at radius 1 is 1.45 bits per heavy atom. The van der Waals surface area contributed by atoms with E-state index < -0.39 is 17.6 Å². The van der Waals surface area contributed by atoms with Crippen LogP contribution in [0.3, 0.4) is 0 Å². The molecule has 2 aliphatic rings. The lowest BCUT2D eigenvalue weighted by atomic mass is 10.0. The highest BCUT2D eigenvalue weighted by Crippen LogP contribution is 2.33. The van der Waals surface area contributed by atoms with E-state index in [1.54, 1.807) is 4.90 Å². The van der Waals surface area contributed by atoms with Crippen LogP contribution in [0.2, 0.25) is 0 Å². The van der Waals surface area contributed by atoms with Gasteiger partial charge in [-0.05, 0) is 12.5 Å².